The van der Waals surface area contributed by atoms with Crippen molar-refractivity contribution in [2.75, 3.05) is 165 Å². The normalized spacial score (nSPS) is 11.7. The summed E-state index contributed by atoms with van der Waals surface area (Å²) in [6, 6.07) is 0. The third-order valence-electron chi connectivity index (χ3n) is 5.21. The molecule has 0 spiro atoms. The maximum atomic E-state index is 11.5. The largest absolute Gasteiger partial charge is 0.444 e. The van der Waals surface area contributed by atoms with Gasteiger partial charge in [0, 0.05) is 13.2 Å². The molecule has 0 fully saturated rings. The van der Waals surface area contributed by atoms with E-state index in [1.807, 2.05) is 27.7 Å². The number of ether oxygens (including phenoxy) is 13. The van der Waals surface area contributed by atoms with Crippen LogP contribution in [0, 0.1) is 0 Å². The van der Waals surface area contributed by atoms with Gasteiger partial charge in [0.25, 0.3) is 0 Å². The minimum absolute atomic E-state index is 0.383. The highest BCUT2D eigenvalue weighted by Crippen LogP contribution is 2.06. The molecular weight excluding hydrogens is 610 g/mol. The highest BCUT2D eigenvalue weighted by atomic mass is 16.6. The molecule has 0 aromatic heterocycles. The minimum atomic E-state index is -0.511. The number of carbonyl (C=O) groups is 1. The van der Waals surface area contributed by atoms with Crippen molar-refractivity contribution in [3.8, 4) is 0 Å². The fraction of sp³-hybridized carbons (Fsp3) is 0.968. The van der Waals surface area contributed by atoms with Gasteiger partial charge in [-0.3, -0.25) is 0 Å². The topological polar surface area (TPSA) is 149 Å². The second-order valence-corrected chi connectivity index (χ2v) is 10.4. The maximum Gasteiger partial charge on any atom is 0.407 e. The van der Waals surface area contributed by atoms with E-state index in [4.69, 9.17) is 61.6 Å². The summed E-state index contributed by atoms with van der Waals surface area (Å²) in [6.45, 7) is 20.1. The first-order chi connectivity index (χ1) is 22.5. The summed E-state index contributed by atoms with van der Waals surface area (Å²) in [4.78, 5) is 11.5. The van der Waals surface area contributed by atoms with Crippen LogP contribution in [-0.4, -0.2) is 177 Å². The molecule has 0 heterocycles. The maximum absolute atomic E-state index is 11.5. The van der Waals surface area contributed by atoms with Crippen LogP contribution < -0.4 is 5.32 Å². The van der Waals surface area contributed by atoms with E-state index in [-0.39, 0.29) is 0 Å². The summed E-state index contributed by atoms with van der Waals surface area (Å²) < 4.78 is 70.1. The first-order valence-corrected chi connectivity index (χ1v) is 16.4. The summed E-state index contributed by atoms with van der Waals surface area (Å²) >= 11 is 0. The van der Waals surface area contributed by atoms with Crippen LogP contribution in [-0.2, 0) is 61.6 Å². The van der Waals surface area contributed by atoms with Crippen molar-refractivity contribution >= 4 is 6.09 Å². The summed E-state index contributed by atoms with van der Waals surface area (Å²) in [6.07, 6.45) is -0.452. The number of hydrogen-bond donors (Lipinski definition) is 1. The molecule has 0 aromatic carbocycles. The smallest absolute Gasteiger partial charge is 0.407 e. The van der Waals surface area contributed by atoms with Gasteiger partial charge in [0.2, 0.25) is 0 Å². The number of amides is 1. The molecule has 276 valence electrons. The quantitative estimate of drug-likeness (QED) is 0.0954. The third-order valence-corrected chi connectivity index (χ3v) is 5.21. The fourth-order valence-corrected chi connectivity index (χ4v) is 3.10. The van der Waals surface area contributed by atoms with Crippen LogP contribution >= 0.6 is 0 Å². The summed E-state index contributed by atoms with van der Waals surface area (Å²) in [5, 5.41) is 2.63. The monoisotopic (exact) mass is 673 g/mol. The molecule has 0 unspecified atom stereocenters. The predicted molar refractivity (Wildman–Crippen MR) is 170 cm³/mol. The lowest BCUT2D eigenvalue weighted by molar-refractivity contribution is -0.0282. The lowest BCUT2D eigenvalue weighted by atomic mass is 10.2. The third kappa shape index (κ3) is 40.8. The molecule has 15 nitrogen and oxygen atoms in total. The average molecular weight is 674 g/mol. The van der Waals surface area contributed by atoms with Crippen molar-refractivity contribution in [2.24, 2.45) is 0 Å². The van der Waals surface area contributed by atoms with Gasteiger partial charge in [-0.05, 0) is 27.7 Å². The molecule has 0 atom stereocenters. The number of rotatable bonds is 37. The lowest BCUT2D eigenvalue weighted by Crippen LogP contribution is -2.34. The molecule has 46 heavy (non-hydrogen) atoms. The van der Waals surface area contributed by atoms with Gasteiger partial charge in [-0.15, -0.1) is 0 Å². The molecule has 1 N–H and O–H groups in total. The summed E-state index contributed by atoms with van der Waals surface area (Å²) in [5.74, 6) is 0. The van der Waals surface area contributed by atoms with Crippen LogP contribution in [0.2, 0.25) is 0 Å². The Morgan fingerprint density at radius 2 is 0.609 bits per heavy atom. The van der Waals surface area contributed by atoms with Gasteiger partial charge >= 0.3 is 6.09 Å². The number of nitrogens with one attached hydrogen (secondary N) is 1. The average Bonchev–Trinajstić information content (AvgIpc) is 3.01. The van der Waals surface area contributed by atoms with Crippen molar-refractivity contribution in [2.45, 2.75) is 33.3 Å². The van der Waals surface area contributed by atoms with Crippen molar-refractivity contribution in [3.63, 3.8) is 0 Å². The second-order valence-electron chi connectivity index (χ2n) is 10.4. The van der Waals surface area contributed by atoms with E-state index in [1.165, 1.54) is 0 Å². The highest BCUT2D eigenvalue weighted by molar-refractivity contribution is 5.67. The van der Waals surface area contributed by atoms with Crippen LogP contribution in [0.25, 0.3) is 0 Å². The molecule has 0 bridgehead atoms. The molecule has 15 heteroatoms. The zero-order valence-electron chi connectivity index (χ0n) is 28.9. The predicted octanol–water partition coefficient (Wildman–Crippen LogP) is 1.73. The zero-order valence-corrected chi connectivity index (χ0v) is 28.9. The van der Waals surface area contributed by atoms with Crippen LogP contribution in [0.5, 0.6) is 0 Å². The van der Waals surface area contributed by atoms with Crippen LogP contribution in [0.3, 0.4) is 0 Å². The number of carbonyl (C=O) groups excluding carboxylic acids is 1. The number of alkyl carbamates (subject to hydrolysis) is 1. The molecule has 0 saturated carbocycles. The molecule has 0 aromatic rings. The molecule has 1 amide bonds. The van der Waals surface area contributed by atoms with Crippen molar-refractivity contribution in [3.05, 3.63) is 0 Å². The van der Waals surface area contributed by atoms with E-state index < -0.39 is 11.7 Å². The Morgan fingerprint density at radius 3 is 0.826 bits per heavy atom. The van der Waals surface area contributed by atoms with Gasteiger partial charge in [-0.2, -0.15) is 0 Å². The molecule has 0 saturated heterocycles. The standard InChI is InChI=1S/C31H63NO14/c1-5-34-8-9-36-12-13-38-16-17-40-20-21-42-24-25-44-28-29-45-27-26-43-23-22-41-19-18-39-15-14-37-11-10-35-7-6-32-30(33)46-31(2,3)4/h5-29H2,1-4H3,(H,32,33). The summed E-state index contributed by atoms with van der Waals surface area (Å²) in [5.41, 5.74) is -0.511. The van der Waals surface area contributed by atoms with Gasteiger partial charge in [-0.25, -0.2) is 4.79 Å². The van der Waals surface area contributed by atoms with Gasteiger partial charge < -0.3 is 66.9 Å². The van der Waals surface area contributed by atoms with Crippen molar-refractivity contribution in [1.29, 1.82) is 0 Å². The molecule has 0 aliphatic rings. The Labute approximate surface area is 276 Å². The van der Waals surface area contributed by atoms with Crippen molar-refractivity contribution < 1.29 is 66.4 Å². The van der Waals surface area contributed by atoms with Gasteiger partial charge in [-0.1, -0.05) is 0 Å². The van der Waals surface area contributed by atoms with E-state index >= 15 is 0 Å². The Morgan fingerprint density at radius 1 is 0.391 bits per heavy atom. The van der Waals surface area contributed by atoms with Crippen LogP contribution in [0.1, 0.15) is 27.7 Å². The van der Waals surface area contributed by atoms with E-state index in [0.717, 1.165) is 0 Å². The Kier molecular flexibility index (Phi) is 35.7. The Balaban J connectivity index is 3.09. The van der Waals surface area contributed by atoms with E-state index in [2.05, 4.69) is 5.32 Å². The molecule has 0 rings (SSSR count). The Bertz CT molecular complexity index is 612. The van der Waals surface area contributed by atoms with Gasteiger partial charge in [0.15, 0.2) is 0 Å². The number of hydrogen-bond acceptors (Lipinski definition) is 14. The highest BCUT2D eigenvalue weighted by Gasteiger charge is 2.15. The molecular formula is C31H63NO14. The second kappa shape index (κ2) is 36.6. The SMILES string of the molecule is CCOCCOCCOCCOCCOCCOCCOCCOCCOCCOCCOCCOCCNC(=O)OC(C)(C)C. The van der Waals surface area contributed by atoms with Gasteiger partial charge in [0.1, 0.15) is 5.60 Å². The summed E-state index contributed by atoms with van der Waals surface area (Å²) in [7, 11) is 0. The van der Waals surface area contributed by atoms with Crippen molar-refractivity contribution in [1.82, 2.24) is 5.32 Å². The van der Waals surface area contributed by atoms with E-state index in [0.29, 0.717) is 165 Å². The lowest BCUT2D eigenvalue weighted by Gasteiger charge is -2.19. The van der Waals surface area contributed by atoms with Gasteiger partial charge in [0.05, 0.1) is 152 Å². The molecule has 0 radical (unpaired) electrons. The van der Waals surface area contributed by atoms with Crippen LogP contribution in [0.15, 0.2) is 0 Å². The van der Waals surface area contributed by atoms with E-state index in [1.54, 1.807) is 0 Å². The van der Waals surface area contributed by atoms with Crippen LogP contribution in [0.4, 0.5) is 4.79 Å². The molecule has 0 aliphatic heterocycles. The zero-order chi connectivity index (χ0) is 33.7. The molecule has 0 aliphatic carbocycles. The minimum Gasteiger partial charge on any atom is -0.444 e. The van der Waals surface area contributed by atoms with E-state index in [9.17, 15) is 4.79 Å². The fourth-order valence-electron chi connectivity index (χ4n) is 3.10. The first kappa shape index (κ1) is 44.8. The first-order valence-electron chi connectivity index (χ1n) is 16.4. The Hall–Kier alpha value is -1.21.